The third-order valence-electron chi connectivity index (χ3n) is 2.52. The van der Waals surface area contributed by atoms with E-state index in [4.69, 9.17) is 14.9 Å². The van der Waals surface area contributed by atoms with Gasteiger partial charge in [-0.2, -0.15) is 0 Å². The predicted molar refractivity (Wildman–Crippen MR) is 67.8 cm³/mol. The minimum atomic E-state index is -1.40. The van der Waals surface area contributed by atoms with Gasteiger partial charge < -0.3 is 20.3 Å². The van der Waals surface area contributed by atoms with Crippen molar-refractivity contribution in [1.82, 2.24) is 5.32 Å². The van der Waals surface area contributed by atoms with Gasteiger partial charge in [-0.25, -0.2) is 9.18 Å². The van der Waals surface area contributed by atoms with E-state index < -0.39 is 35.9 Å². The number of carbonyl (C=O) groups excluding carboxylic acids is 1. The third kappa shape index (κ3) is 4.20. The number of nitrogens with one attached hydrogen (secondary N) is 1. The molecule has 1 amide bonds. The summed E-state index contributed by atoms with van der Waals surface area (Å²) >= 11 is 0. The van der Waals surface area contributed by atoms with Crippen molar-refractivity contribution in [2.75, 3.05) is 6.61 Å². The number of hydrogen-bond donors (Lipinski definition) is 3. The number of carbonyl (C=O) groups is 2. The lowest BCUT2D eigenvalue weighted by Gasteiger charge is -2.26. The van der Waals surface area contributed by atoms with E-state index in [1.807, 2.05) is 0 Å². The van der Waals surface area contributed by atoms with Gasteiger partial charge in [-0.15, -0.1) is 0 Å². The molecule has 0 saturated carbocycles. The summed E-state index contributed by atoms with van der Waals surface area (Å²) in [6, 6.07) is 3.66. The molecular weight excluding hydrogens is 269 g/mol. The fraction of sp³-hybridized carbons (Fsp3) is 0.385. The minimum absolute atomic E-state index is 0.266. The zero-order valence-corrected chi connectivity index (χ0v) is 11.1. The number of halogens is 1. The van der Waals surface area contributed by atoms with Gasteiger partial charge in [0.25, 0.3) is 5.91 Å². The van der Waals surface area contributed by atoms with Gasteiger partial charge in [0.2, 0.25) is 0 Å². The van der Waals surface area contributed by atoms with E-state index in [0.29, 0.717) is 0 Å². The summed E-state index contributed by atoms with van der Waals surface area (Å²) < 4.78 is 18.1. The van der Waals surface area contributed by atoms with Crippen molar-refractivity contribution in [1.29, 1.82) is 0 Å². The monoisotopic (exact) mass is 285 g/mol. The summed E-state index contributed by atoms with van der Waals surface area (Å²) in [4.78, 5) is 22.7. The van der Waals surface area contributed by atoms with Crippen LogP contribution in [-0.4, -0.2) is 40.3 Å². The molecule has 20 heavy (non-hydrogen) atoms. The number of amides is 1. The maximum atomic E-state index is 12.8. The molecule has 0 aromatic heterocycles. The zero-order chi connectivity index (χ0) is 15.3. The van der Waals surface area contributed by atoms with E-state index in [0.717, 1.165) is 0 Å². The first-order chi connectivity index (χ1) is 9.26. The van der Waals surface area contributed by atoms with Crippen molar-refractivity contribution >= 4 is 11.9 Å². The molecule has 1 atom stereocenters. The molecule has 0 radical (unpaired) electrons. The smallest absolute Gasteiger partial charge is 0.328 e. The largest absolute Gasteiger partial charge is 0.480 e. The molecule has 7 heteroatoms. The van der Waals surface area contributed by atoms with E-state index >= 15 is 0 Å². The Bertz CT molecular complexity index is 486. The fourth-order valence-corrected chi connectivity index (χ4v) is 1.36. The van der Waals surface area contributed by atoms with E-state index in [1.54, 1.807) is 0 Å². The van der Waals surface area contributed by atoms with Gasteiger partial charge in [-0.1, -0.05) is 0 Å². The number of carboxylic acids is 1. The van der Waals surface area contributed by atoms with Gasteiger partial charge in [-0.05, 0) is 38.1 Å². The second-order valence-corrected chi connectivity index (χ2v) is 4.61. The Hall–Kier alpha value is -2.15. The molecule has 0 aliphatic heterocycles. The average molecular weight is 285 g/mol. The molecule has 0 saturated heterocycles. The Morgan fingerprint density at radius 3 is 2.35 bits per heavy atom. The first-order valence-electron chi connectivity index (χ1n) is 5.85. The lowest BCUT2D eigenvalue weighted by atomic mass is 10.1. The van der Waals surface area contributed by atoms with Gasteiger partial charge in [0.05, 0.1) is 6.61 Å². The number of benzene rings is 1. The SMILES string of the molecule is CC(C)(Oc1ccc(F)cc1)C(=O)N[C@H](CO)C(=O)O. The highest BCUT2D eigenvalue weighted by Gasteiger charge is 2.33. The number of ether oxygens (including phenoxy) is 1. The van der Waals surface area contributed by atoms with Crippen molar-refractivity contribution in [2.24, 2.45) is 0 Å². The first kappa shape index (κ1) is 15.9. The van der Waals surface area contributed by atoms with Crippen LogP contribution in [0.4, 0.5) is 4.39 Å². The van der Waals surface area contributed by atoms with Gasteiger partial charge in [0.15, 0.2) is 5.60 Å². The molecule has 0 heterocycles. The van der Waals surface area contributed by atoms with Gasteiger partial charge in [0, 0.05) is 0 Å². The van der Waals surface area contributed by atoms with Gasteiger partial charge in [0.1, 0.15) is 17.6 Å². The van der Waals surface area contributed by atoms with Crippen LogP contribution < -0.4 is 10.1 Å². The molecule has 0 aliphatic carbocycles. The predicted octanol–water partition coefficient (Wildman–Crippen LogP) is 0.545. The normalized spacial score (nSPS) is 12.6. The quantitative estimate of drug-likeness (QED) is 0.709. The Kier molecular flexibility index (Phi) is 5.04. The van der Waals surface area contributed by atoms with E-state index in [1.165, 1.54) is 38.1 Å². The number of aliphatic hydroxyl groups is 1. The van der Waals surface area contributed by atoms with Crippen LogP contribution in [0, 0.1) is 5.82 Å². The first-order valence-corrected chi connectivity index (χ1v) is 5.85. The summed E-state index contributed by atoms with van der Waals surface area (Å²) in [5.74, 6) is -2.23. The number of rotatable bonds is 6. The van der Waals surface area contributed by atoms with E-state index in [9.17, 15) is 14.0 Å². The van der Waals surface area contributed by atoms with Crippen LogP contribution in [0.25, 0.3) is 0 Å². The lowest BCUT2D eigenvalue weighted by Crippen LogP contribution is -2.53. The van der Waals surface area contributed by atoms with Crippen LogP contribution in [0.5, 0.6) is 5.75 Å². The third-order valence-corrected chi connectivity index (χ3v) is 2.52. The molecule has 0 aliphatic rings. The maximum Gasteiger partial charge on any atom is 0.328 e. The van der Waals surface area contributed by atoms with Crippen molar-refractivity contribution in [3.05, 3.63) is 30.1 Å². The molecule has 3 N–H and O–H groups in total. The number of hydrogen-bond acceptors (Lipinski definition) is 4. The van der Waals surface area contributed by atoms with Crippen LogP contribution in [-0.2, 0) is 9.59 Å². The average Bonchev–Trinajstić information content (AvgIpc) is 2.37. The highest BCUT2D eigenvalue weighted by Crippen LogP contribution is 2.19. The van der Waals surface area contributed by atoms with Crippen LogP contribution >= 0.6 is 0 Å². The molecular formula is C13H16FNO5. The van der Waals surface area contributed by atoms with Crippen molar-refractivity contribution < 1.29 is 28.9 Å². The molecule has 6 nitrogen and oxygen atoms in total. The van der Waals surface area contributed by atoms with Crippen molar-refractivity contribution in [3.8, 4) is 5.75 Å². The second-order valence-electron chi connectivity index (χ2n) is 4.61. The summed E-state index contributed by atoms with van der Waals surface area (Å²) in [6.07, 6.45) is 0. The highest BCUT2D eigenvalue weighted by atomic mass is 19.1. The van der Waals surface area contributed by atoms with Crippen molar-refractivity contribution in [3.63, 3.8) is 0 Å². The van der Waals surface area contributed by atoms with Crippen LogP contribution in [0.3, 0.4) is 0 Å². The highest BCUT2D eigenvalue weighted by molar-refractivity contribution is 5.89. The number of carboxylic acid groups (broad SMARTS) is 1. The van der Waals surface area contributed by atoms with Crippen LogP contribution in [0.2, 0.25) is 0 Å². The molecule has 0 fully saturated rings. The Labute approximate surface area is 115 Å². The van der Waals surface area contributed by atoms with Gasteiger partial charge in [-0.3, -0.25) is 4.79 Å². The molecule has 110 valence electrons. The Morgan fingerprint density at radius 2 is 1.90 bits per heavy atom. The maximum absolute atomic E-state index is 12.8. The van der Waals surface area contributed by atoms with Crippen LogP contribution in [0.1, 0.15) is 13.8 Å². The fourth-order valence-electron chi connectivity index (χ4n) is 1.36. The molecule has 0 spiro atoms. The van der Waals surface area contributed by atoms with E-state index in [2.05, 4.69) is 5.32 Å². The molecule has 0 bridgehead atoms. The van der Waals surface area contributed by atoms with E-state index in [-0.39, 0.29) is 5.75 Å². The van der Waals surface area contributed by atoms with Crippen LogP contribution in [0.15, 0.2) is 24.3 Å². The molecule has 1 rings (SSSR count). The lowest BCUT2D eigenvalue weighted by molar-refractivity contribution is -0.146. The summed E-state index contributed by atoms with van der Waals surface area (Å²) in [5.41, 5.74) is -1.37. The summed E-state index contributed by atoms with van der Waals surface area (Å²) in [7, 11) is 0. The van der Waals surface area contributed by atoms with Gasteiger partial charge >= 0.3 is 5.97 Å². The second kappa shape index (κ2) is 6.33. The topological polar surface area (TPSA) is 95.9 Å². The molecule has 1 aromatic rings. The molecule has 1 aromatic carbocycles. The van der Waals surface area contributed by atoms with Crippen molar-refractivity contribution in [2.45, 2.75) is 25.5 Å². The number of aliphatic carboxylic acids is 1. The minimum Gasteiger partial charge on any atom is -0.480 e. The summed E-state index contributed by atoms with van der Waals surface area (Å²) in [6.45, 7) is 2.14. The number of aliphatic hydroxyl groups excluding tert-OH is 1. The standard InChI is InChI=1S/C13H16FNO5/c1-13(2,12(19)15-10(7-16)11(17)18)20-9-5-3-8(14)4-6-9/h3-6,10,16H,7H2,1-2H3,(H,15,19)(H,17,18)/t10-/m1/s1. The zero-order valence-electron chi connectivity index (χ0n) is 11.1. The summed E-state index contributed by atoms with van der Waals surface area (Å²) in [5, 5.41) is 19.8. The Morgan fingerprint density at radius 1 is 1.35 bits per heavy atom. The molecule has 0 unspecified atom stereocenters. The Balaban J connectivity index is 2.74.